The van der Waals surface area contributed by atoms with Crippen molar-refractivity contribution in [2.24, 2.45) is 4.99 Å². The fourth-order valence-electron chi connectivity index (χ4n) is 2.26. The van der Waals surface area contributed by atoms with E-state index in [1.165, 1.54) is 0 Å². The van der Waals surface area contributed by atoms with E-state index in [4.69, 9.17) is 0 Å². The van der Waals surface area contributed by atoms with Crippen LogP contribution in [0.4, 0.5) is 0 Å². The molecule has 1 amide bonds. The number of fused-ring (bicyclic) bond motifs is 1. The van der Waals surface area contributed by atoms with Crippen molar-refractivity contribution in [3.05, 3.63) is 70.0 Å². The first-order valence-corrected chi connectivity index (χ1v) is 6.75. The van der Waals surface area contributed by atoms with Gasteiger partial charge in [-0.05, 0) is 22.9 Å². The SMILES string of the molecule is C=c1cccc2c1=NC(=O)C(CNCc1cccnc1)=C2. The molecular formula is C17H15N3O. The maximum absolute atomic E-state index is 12.0. The van der Waals surface area contributed by atoms with Crippen molar-refractivity contribution in [3.63, 3.8) is 0 Å². The average Bonchev–Trinajstić information content (AvgIpc) is 2.50. The highest BCUT2D eigenvalue weighted by Gasteiger charge is 2.13. The molecule has 4 nitrogen and oxygen atoms in total. The molecule has 1 aromatic carbocycles. The third-order valence-electron chi connectivity index (χ3n) is 3.34. The van der Waals surface area contributed by atoms with Gasteiger partial charge in [0.1, 0.15) is 0 Å². The number of hydrogen-bond donors (Lipinski definition) is 1. The van der Waals surface area contributed by atoms with Gasteiger partial charge in [-0.1, -0.05) is 30.8 Å². The Morgan fingerprint density at radius 3 is 2.86 bits per heavy atom. The highest BCUT2D eigenvalue weighted by atomic mass is 16.1. The maximum Gasteiger partial charge on any atom is 0.274 e. The molecule has 0 atom stereocenters. The Labute approximate surface area is 122 Å². The molecule has 0 bridgehead atoms. The lowest BCUT2D eigenvalue weighted by molar-refractivity contribution is -0.114. The maximum atomic E-state index is 12.0. The first kappa shape index (κ1) is 13.4. The minimum Gasteiger partial charge on any atom is -0.308 e. The summed E-state index contributed by atoms with van der Waals surface area (Å²) in [4.78, 5) is 20.2. The van der Waals surface area contributed by atoms with Gasteiger partial charge in [0, 0.05) is 36.6 Å². The summed E-state index contributed by atoms with van der Waals surface area (Å²) in [6, 6.07) is 9.61. The highest BCUT2D eigenvalue weighted by Crippen LogP contribution is 2.08. The molecule has 0 fully saturated rings. The van der Waals surface area contributed by atoms with E-state index in [0.717, 1.165) is 16.3 Å². The van der Waals surface area contributed by atoms with Crippen molar-refractivity contribution >= 4 is 18.6 Å². The van der Waals surface area contributed by atoms with Gasteiger partial charge < -0.3 is 5.32 Å². The molecule has 1 N–H and O–H groups in total. The van der Waals surface area contributed by atoms with Gasteiger partial charge in [-0.25, -0.2) is 4.99 Å². The van der Waals surface area contributed by atoms with E-state index in [0.29, 0.717) is 24.0 Å². The zero-order valence-electron chi connectivity index (χ0n) is 11.5. The number of rotatable bonds is 4. The van der Waals surface area contributed by atoms with Crippen molar-refractivity contribution in [1.29, 1.82) is 0 Å². The summed E-state index contributed by atoms with van der Waals surface area (Å²) in [6.45, 7) is 5.05. The summed E-state index contributed by atoms with van der Waals surface area (Å²) < 4.78 is 0. The van der Waals surface area contributed by atoms with Gasteiger partial charge in [0.05, 0.1) is 5.36 Å². The number of carbonyl (C=O) groups is 1. The molecule has 0 saturated carbocycles. The molecule has 0 aliphatic carbocycles. The summed E-state index contributed by atoms with van der Waals surface area (Å²) in [5.41, 5.74) is 2.69. The van der Waals surface area contributed by atoms with Gasteiger partial charge in [-0.3, -0.25) is 9.78 Å². The van der Waals surface area contributed by atoms with Gasteiger partial charge in [0.2, 0.25) is 0 Å². The molecule has 1 aliphatic heterocycles. The summed E-state index contributed by atoms with van der Waals surface area (Å²) in [5, 5.41) is 4.70. The molecular weight excluding hydrogens is 262 g/mol. The number of aromatic nitrogens is 1. The van der Waals surface area contributed by atoms with E-state index >= 15 is 0 Å². The van der Waals surface area contributed by atoms with E-state index in [1.807, 2.05) is 36.4 Å². The van der Waals surface area contributed by atoms with Crippen LogP contribution in [0.15, 0.2) is 53.3 Å². The number of para-hydroxylation sites is 1. The van der Waals surface area contributed by atoms with Gasteiger partial charge in [-0.15, -0.1) is 0 Å². The van der Waals surface area contributed by atoms with Crippen molar-refractivity contribution in [2.75, 3.05) is 6.54 Å². The van der Waals surface area contributed by atoms with Gasteiger partial charge >= 0.3 is 0 Å². The smallest absolute Gasteiger partial charge is 0.274 e. The van der Waals surface area contributed by atoms with Gasteiger partial charge in [-0.2, -0.15) is 0 Å². The van der Waals surface area contributed by atoms with Crippen molar-refractivity contribution in [2.45, 2.75) is 6.54 Å². The fourth-order valence-corrected chi connectivity index (χ4v) is 2.26. The molecule has 2 aromatic rings. The zero-order valence-corrected chi connectivity index (χ0v) is 11.5. The van der Waals surface area contributed by atoms with Crippen LogP contribution in [0.25, 0.3) is 12.7 Å². The molecule has 0 radical (unpaired) electrons. The number of amides is 1. The predicted octanol–water partition coefficient (Wildman–Crippen LogP) is 0.825. The van der Waals surface area contributed by atoms with Crippen LogP contribution in [-0.4, -0.2) is 17.4 Å². The Morgan fingerprint density at radius 1 is 1.14 bits per heavy atom. The van der Waals surface area contributed by atoms with Crippen LogP contribution < -0.4 is 15.9 Å². The monoisotopic (exact) mass is 277 g/mol. The van der Waals surface area contributed by atoms with Crippen molar-refractivity contribution in [3.8, 4) is 0 Å². The second-order valence-corrected chi connectivity index (χ2v) is 4.91. The number of nitrogens with zero attached hydrogens (tertiary/aromatic N) is 2. The molecule has 0 unspecified atom stereocenters. The second kappa shape index (κ2) is 5.81. The molecule has 0 spiro atoms. The first-order chi connectivity index (χ1) is 10.2. The molecule has 2 heterocycles. The zero-order chi connectivity index (χ0) is 14.7. The summed E-state index contributed by atoms with van der Waals surface area (Å²) in [6.07, 6.45) is 5.43. The standard InChI is InChI=1S/C17H15N3O/c1-12-4-2-6-14-8-15(17(21)20-16(12)14)11-19-10-13-5-3-7-18-9-13/h2-9,19H,1,10-11H2. The molecule has 1 aromatic heterocycles. The van der Waals surface area contributed by atoms with Gasteiger partial charge in [0.15, 0.2) is 0 Å². The molecule has 104 valence electrons. The fraction of sp³-hybridized carbons (Fsp3) is 0.118. The molecule has 1 aliphatic rings. The molecule has 4 heteroatoms. The number of pyridine rings is 1. The van der Waals surface area contributed by atoms with E-state index in [9.17, 15) is 4.79 Å². The Hall–Kier alpha value is -2.59. The van der Waals surface area contributed by atoms with Crippen molar-refractivity contribution in [1.82, 2.24) is 10.3 Å². The first-order valence-electron chi connectivity index (χ1n) is 6.75. The number of hydrogen-bond acceptors (Lipinski definition) is 3. The van der Waals surface area contributed by atoms with Crippen LogP contribution in [0.5, 0.6) is 0 Å². The Bertz CT molecular complexity index is 810. The van der Waals surface area contributed by atoms with E-state index in [-0.39, 0.29) is 5.91 Å². The highest BCUT2D eigenvalue weighted by molar-refractivity contribution is 6.00. The predicted molar refractivity (Wildman–Crippen MR) is 81.7 cm³/mol. The van der Waals surface area contributed by atoms with Crippen LogP contribution in [0.3, 0.4) is 0 Å². The van der Waals surface area contributed by atoms with Crippen LogP contribution in [0.2, 0.25) is 0 Å². The van der Waals surface area contributed by atoms with Crippen molar-refractivity contribution < 1.29 is 4.79 Å². The summed E-state index contributed by atoms with van der Waals surface area (Å²) in [7, 11) is 0. The summed E-state index contributed by atoms with van der Waals surface area (Å²) >= 11 is 0. The number of carbonyl (C=O) groups excluding carboxylic acids is 1. The quantitative estimate of drug-likeness (QED) is 0.900. The van der Waals surface area contributed by atoms with Crippen LogP contribution in [-0.2, 0) is 11.3 Å². The van der Waals surface area contributed by atoms with E-state index in [1.54, 1.807) is 12.4 Å². The molecule has 21 heavy (non-hydrogen) atoms. The Morgan fingerprint density at radius 2 is 2.05 bits per heavy atom. The Balaban J connectivity index is 1.73. The summed E-state index contributed by atoms with van der Waals surface area (Å²) in [5.74, 6) is -0.197. The lowest BCUT2D eigenvalue weighted by Gasteiger charge is -2.10. The second-order valence-electron chi connectivity index (χ2n) is 4.91. The third-order valence-corrected chi connectivity index (χ3v) is 3.34. The minimum atomic E-state index is -0.197. The van der Waals surface area contributed by atoms with E-state index < -0.39 is 0 Å². The van der Waals surface area contributed by atoms with E-state index in [2.05, 4.69) is 21.9 Å². The topological polar surface area (TPSA) is 54.4 Å². The minimum absolute atomic E-state index is 0.197. The molecule has 0 saturated heterocycles. The lowest BCUT2D eigenvalue weighted by Crippen LogP contribution is -2.32. The number of nitrogens with one attached hydrogen (secondary N) is 1. The van der Waals surface area contributed by atoms with Crippen LogP contribution in [0, 0.1) is 0 Å². The normalized spacial score (nSPS) is 13.3. The molecule has 3 rings (SSSR count). The van der Waals surface area contributed by atoms with Crippen LogP contribution in [0.1, 0.15) is 11.1 Å². The van der Waals surface area contributed by atoms with Crippen LogP contribution >= 0.6 is 0 Å². The Kier molecular flexibility index (Phi) is 3.71. The average molecular weight is 277 g/mol. The largest absolute Gasteiger partial charge is 0.308 e. The lowest BCUT2D eigenvalue weighted by atomic mass is 10.1. The van der Waals surface area contributed by atoms with Gasteiger partial charge in [0.25, 0.3) is 5.91 Å². The number of benzene rings is 1. The third kappa shape index (κ3) is 2.95.